The Morgan fingerprint density at radius 1 is 1.15 bits per heavy atom. The SMILES string of the molecule is CCCC(c1nnnn1CCOC)N1CCN(c2ccc(F)cc2)CC1. The molecule has 8 heteroatoms. The molecule has 1 unspecified atom stereocenters. The first-order valence-corrected chi connectivity index (χ1v) is 9.22. The van der Waals surface area contributed by atoms with Crippen LogP contribution in [0.5, 0.6) is 0 Å². The fourth-order valence-corrected chi connectivity index (χ4v) is 3.48. The van der Waals surface area contributed by atoms with Crippen molar-refractivity contribution >= 4 is 5.69 Å². The van der Waals surface area contributed by atoms with Crippen LogP contribution >= 0.6 is 0 Å². The lowest BCUT2D eigenvalue weighted by atomic mass is 10.1. The molecular weight excluding hydrogens is 335 g/mol. The van der Waals surface area contributed by atoms with Gasteiger partial charge >= 0.3 is 0 Å². The van der Waals surface area contributed by atoms with Gasteiger partial charge in [-0.25, -0.2) is 9.07 Å². The smallest absolute Gasteiger partial charge is 0.168 e. The molecule has 0 spiro atoms. The zero-order valence-corrected chi connectivity index (χ0v) is 15.5. The third-order valence-corrected chi connectivity index (χ3v) is 4.87. The van der Waals surface area contributed by atoms with E-state index in [1.807, 2.05) is 16.8 Å². The van der Waals surface area contributed by atoms with Gasteiger partial charge in [0.2, 0.25) is 0 Å². The van der Waals surface area contributed by atoms with Gasteiger partial charge in [-0.15, -0.1) is 5.10 Å². The molecule has 1 saturated heterocycles. The highest BCUT2D eigenvalue weighted by Gasteiger charge is 2.28. The molecule has 1 aliphatic rings. The van der Waals surface area contributed by atoms with E-state index >= 15 is 0 Å². The van der Waals surface area contributed by atoms with Crippen LogP contribution in [-0.4, -0.2) is 65.0 Å². The van der Waals surface area contributed by atoms with Crippen molar-refractivity contribution in [2.45, 2.75) is 32.4 Å². The van der Waals surface area contributed by atoms with Gasteiger partial charge in [0.15, 0.2) is 5.82 Å². The average Bonchev–Trinajstić information content (AvgIpc) is 3.13. The van der Waals surface area contributed by atoms with Gasteiger partial charge in [0.05, 0.1) is 19.2 Å². The number of tetrazole rings is 1. The van der Waals surface area contributed by atoms with Crippen molar-refractivity contribution < 1.29 is 9.13 Å². The van der Waals surface area contributed by atoms with Crippen molar-refractivity contribution in [3.8, 4) is 0 Å². The molecular formula is C18H27FN6O. The van der Waals surface area contributed by atoms with Crippen molar-refractivity contribution in [1.82, 2.24) is 25.1 Å². The Kier molecular flexibility index (Phi) is 6.51. The number of piperazine rings is 1. The maximum atomic E-state index is 13.1. The van der Waals surface area contributed by atoms with Crippen molar-refractivity contribution in [2.24, 2.45) is 0 Å². The Balaban J connectivity index is 1.67. The largest absolute Gasteiger partial charge is 0.383 e. The summed E-state index contributed by atoms with van der Waals surface area (Å²) < 4.78 is 20.2. The first-order valence-electron chi connectivity index (χ1n) is 9.22. The molecule has 0 N–H and O–H groups in total. The molecule has 0 aliphatic carbocycles. The van der Waals surface area contributed by atoms with Crippen molar-refractivity contribution in [1.29, 1.82) is 0 Å². The molecule has 1 atom stereocenters. The van der Waals surface area contributed by atoms with Gasteiger partial charge in [0.25, 0.3) is 0 Å². The molecule has 3 rings (SSSR count). The molecule has 1 fully saturated rings. The third-order valence-electron chi connectivity index (χ3n) is 4.87. The minimum Gasteiger partial charge on any atom is -0.383 e. The van der Waals surface area contributed by atoms with E-state index in [1.165, 1.54) is 12.1 Å². The van der Waals surface area contributed by atoms with Gasteiger partial charge in [-0.3, -0.25) is 4.90 Å². The first kappa shape index (κ1) is 18.7. The maximum Gasteiger partial charge on any atom is 0.168 e. The Hall–Kier alpha value is -2.06. The van der Waals surface area contributed by atoms with Gasteiger partial charge < -0.3 is 9.64 Å². The zero-order chi connectivity index (χ0) is 18.4. The highest BCUT2D eigenvalue weighted by molar-refractivity contribution is 5.46. The summed E-state index contributed by atoms with van der Waals surface area (Å²) in [5.74, 6) is 0.720. The zero-order valence-electron chi connectivity index (χ0n) is 15.5. The number of rotatable bonds is 8. The molecule has 1 aromatic heterocycles. The van der Waals surface area contributed by atoms with E-state index in [0.717, 1.165) is 50.5 Å². The molecule has 0 amide bonds. The number of halogens is 1. The summed E-state index contributed by atoms with van der Waals surface area (Å²) in [7, 11) is 1.68. The van der Waals surface area contributed by atoms with E-state index in [1.54, 1.807) is 7.11 Å². The van der Waals surface area contributed by atoms with Gasteiger partial charge in [-0.1, -0.05) is 13.3 Å². The van der Waals surface area contributed by atoms with Crippen LogP contribution in [0.2, 0.25) is 0 Å². The Morgan fingerprint density at radius 3 is 2.54 bits per heavy atom. The van der Waals surface area contributed by atoms with E-state index in [0.29, 0.717) is 13.2 Å². The van der Waals surface area contributed by atoms with Crippen LogP contribution in [0.1, 0.15) is 31.6 Å². The predicted octanol–water partition coefficient (Wildman–Crippen LogP) is 2.12. The van der Waals surface area contributed by atoms with Crippen LogP contribution < -0.4 is 4.90 Å². The average molecular weight is 362 g/mol. The molecule has 0 radical (unpaired) electrons. The number of nitrogens with zero attached hydrogens (tertiary/aromatic N) is 6. The van der Waals surface area contributed by atoms with Crippen molar-refractivity contribution in [3.63, 3.8) is 0 Å². The number of anilines is 1. The van der Waals surface area contributed by atoms with E-state index in [-0.39, 0.29) is 11.9 Å². The third kappa shape index (κ3) is 4.37. The van der Waals surface area contributed by atoms with Crippen molar-refractivity contribution in [3.05, 3.63) is 35.9 Å². The number of hydrogen-bond acceptors (Lipinski definition) is 6. The molecule has 142 valence electrons. The molecule has 1 aromatic carbocycles. The maximum absolute atomic E-state index is 13.1. The Bertz CT molecular complexity index is 669. The number of methoxy groups -OCH3 is 1. The van der Waals surface area contributed by atoms with Crippen LogP contribution in [0, 0.1) is 5.82 Å². The summed E-state index contributed by atoms with van der Waals surface area (Å²) >= 11 is 0. The molecule has 7 nitrogen and oxygen atoms in total. The lowest BCUT2D eigenvalue weighted by Crippen LogP contribution is -2.48. The number of ether oxygens (including phenoxy) is 1. The van der Waals surface area contributed by atoms with Crippen LogP contribution in [-0.2, 0) is 11.3 Å². The number of aromatic nitrogens is 4. The number of hydrogen-bond donors (Lipinski definition) is 0. The lowest BCUT2D eigenvalue weighted by molar-refractivity contribution is 0.153. The molecule has 2 aromatic rings. The topological polar surface area (TPSA) is 59.3 Å². The van der Waals surface area contributed by atoms with E-state index in [9.17, 15) is 4.39 Å². The van der Waals surface area contributed by atoms with Gasteiger partial charge in [0, 0.05) is 39.0 Å². The normalized spacial score (nSPS) is 16.8. The quantitative estimate of drug-likeness (QED) is 0.717. The summed E-state index contributed by atoms with van der Waals surface area (Å²) in [6.45, 7) is 7.12. The molecule has 0 saturated carbocycles. The summed E-state index contributed by atoms with van der Waals surface area (Å²) in [6, 6.07) is 6.94. The summed E-state index contributed by atoms with van der Waals surface area (Å²) in [4.78, 5) is 4.76. The summed E-state index contributed by atoms with van der Waals surface area (Å²) in [6.07, 6.45) is 2.09. The fraction of sp³-hybridized carbons (Fsp3) is 0.611. The number of benzene rings is 1. The molecule has 1 aliphatic heterocycles. The Labute approximate surface area is 153 Å². The second-order valence-electron chi connectivity index (χ2n) is 6.56. The second-order valence-corrected chi connectivity index (χ2v) is 6.56. The highest BCUT2D eigenvalue weighted by atomic mass is 19.1. The minimum atomic E-state index is -0.196. The second kappa shape index (κ2) is 9.05. The van der Waals surface area contributed by atoms with Gasteiger partial charge in [-0.2, -0.15) is 0 Å². The van der Waals surface area contributed by atoms with E-state index in [2.05, 4.69) is 32.2 Å². The highest BCUT2D eigenvalue weighted by Crippen LogP contribution is 2.26. The standard InChI is InChI=1S/C18H27FN6O/c1-3-4-17(18-20-21-22-25(18)13-14-26-2)24-11-9-23(10-12-24)16-7-5-15(19)6-8-16/h5-8,17H,3-4,9-14H2,1-2H3. The molecule has 2 heterocycles. The van der Waals surface area contributed by atoms with E-state index in [4.69, 9.17) is 4.74 Å². The van der Waals surface area contributed by atoms with Gasteiger partial charge in [-0.05, 0) is 41.1 Å². The monoisotopic (exact) mass is 362 g/mol. The van der Waals surface area contributed by atoms with Crippen LogP contribution in [0.25, 0.3) is 0 Å². The minimum absolute atomic E-state index is 0.196. The lowest BCUT2D eigenvalue weighted by Gasteiger charge is -2.39. The van der Waals surface area contributed by atoms with Gasteiger partial charge in [0.1, 0.15) is 5.82 Å². The predicted molar refractivity (Wildman–Crippen MR) is 97.5 cm³/mol. The molecule has 0 bridgehead atoms. The Morgan fingerprint density at radius 2 is 1.88 bits per heavy atom. The van der Waals surface area contributed by atoms with Crippen LogP contribution in [0.15, 0.2) is 24.3 Å². The fourth-order valence-electron chi connectivity index (χ4n) is 3.48. The van der Waals surface area contributed by atoms with E-state index < -0.39 is 0 Å². The van der Waals surface area contributed by atoms with Crippen LogP contribution in [0.3, 0.4) is 0 Å². The summed E-state index contributed by atoms with van der Waals surface area (Å²) in [5, 5.41) is 12.3. The first-order chi connectivity index (χ1) is 12.7. The molecule has 26 heavy (non-hydrogen) atoms. The van der Waals surface area contributed by atoms with Crippen molar-refractivity contribution in [2.75, 3.05) is 44.8 Å². The van der Waals surface area contributed by atoms with Crippen LogP contribution in [0.4, 0.5) is 10.1 Å². The summed E-state index contributed by atoms with van der Waals surface area (Å²) in [5.41, 5.74) is 1.07.